The lowest BCUT2D eigenvalue weighted by atomic mass is 9.96. The van der Waals surface area contributed by atoms with E-state index in [-0.39, 0.29) is 11.8 Å². The van der Waals surface area contributed by atoms with Crippen LogP contribution in [0.5, 0.6) is 0 Å². The molecular weight excluding hydrogens is 316 g/mol. The van der Waals surface area contributed by atoms with E-state index in [9.17, 15) is 4.79 Å². The van der Waals surface area contributed by atoms with Gasteiger partial charge in [-0.05, 0) is 37.1 Å². The summed E-state index contributed by atoms with van der Waals surface area (Å²) in [4.78, 5) is 18.6. The first-order valence-electron chi connectivity index (χ1n) is 8.40. The number of carbonyl (C=O) groups excluding carboxylic acids is 1. The molecule has 25 heavy (non-hydrogen) atoms. The summed E-state index contributed by atoms with van der Waals surface area (Å²) in [5.41, 5.74) is 1.41. The van der Waals surface area contributed by atoms with Crippen LogP contribution in [0.25, 0.3) is 11.6 Å². The number of piperidine rings is 1. The summed E-state index contributed by atoms with van der Waals surface area (Å²) in [6, 6.07) is 15.0. The van der Waals surface area contributed by atoms with Crippen molar-refractivity contribution in [2.75, 3.05) is 13.1 Å². The molecule has 4 rings (SSSR count). The van der Waals surface area contributed by atoms with Crippen LogP contribution in [0.3, 0.4) is 0 Å². The molecule has 0 bridgehead atoms. The van der Waals surface area contributed by atoms with E-state index in [0.717, 1.165) is 18.4 Å². The maximum absolute atomic E-state index is 12.5. The van der Waals surface area contributed by atoms with E-state index >= 15 is 0 Å². The molecule has 0 radical (unpaired) electrons. The van der Waals surface area contributed by atoms with E-state index in [2.05, 4.69) is 15.2 Å². The summed E-state index contributed by atoms with van der Waals surface area (Å²) >= 11 is 0. The van der Waals surface area contributed by atoms with Crippen LogP contribution in [0, 0.1) is 0 Å². The molecule has 6 nitrogen and oxygen atoms in total. The lowest BCUT2D eigenvalue weighted by molar-refractivity contribution is 0.0706. The largest absolute Gasteiger partial charge is 0.419 e. The zero-order chi connectivity index (χ0) is 17.1. The van der Waals surface area contributed by atoms with Crippen LogP contribution in [0.2, 0.25) is 0 Å². The average Bonchev–Trinajstić information content (AvgIpc) is 3.19. The third-order valence-electron chi connectivity index (χ3n) is 4.48. The minimum Gasteiger partial charge on any atom is -0.419 e. The van der Waals surface area contributed by atoms with Gasteiger partial charge in [0.25, 0.3) is 11.8 Å². The summed E-state index contributed by atoms with van der Waals surface area (Å²) in [6.07, 6.45) is 3.34. The highest BCUT2D eigenvalue weighted by Crippen LogP contribution is 2.29. The second-order valence-electron chi connectivity index (χ2n) is 6.09. The van der Waals surface area contributed by atoms with Gasteiger partial charge in [0, 0.05) is 30.8 Å². The Morgan fingerprint density at radius 1 is 1.00 bits per heavy atom. The zero-order valence-corrected chi connectivity index (χ0v) is 13.7. The smallest absolute Gasteiger partial charge is 0.266 e. The Morgan fingerprint density at radius 3 is 2.48 bits per heavy atom. The van der Waals surface area contributed by atoms with Crippen LogP contribution in [0.15, 0.2) is 59.1 Å². The topological polar surface area (TPSA) is 72.1 Å². The molecule has 1 aliphatic rings. The molecule has 6 heteroatoms. The van der Waals surface area contributed by atoms with Gasteiger partial charge in [0.1, 0.15) is 5.69 Å². The molecule has 0 spiro atoms. The molecule has 126 valence electrons. The molecule has 1 fully saturated rings. The molecule has 2 aromatic heterocycles. The summed E-state index contributed by atoms with van der Waals surface area (Å²) in [5.74, 6) is 1.34. The van der Waals surface area contributed by atoms with E-state index in [1.807, 2.05) is 53.4 Å². The number of hydrogen-bond donors (Lipinski definition) is 0. The molecule has 1 saturated heterocycles. The molecule has 0 atom stereocenters. The van der Waals surface area contributed by atoms with Gasteiger partial charge in [0.2, 0.25) is 5.89 Å². The predicted molar refractivity (Wildman–Crippen MR) is 91.8 cm³/mol. The Labute approximate surface area is 145 Å². The fourth-order valence-corrected chi connectivity index (χ4v) is 3.09. The molecular formula is C19H18N4O2. The SMILES string of the molecule is O=C(c1ccccc1)N1CCC(c2nnc(-c3ccccn3)o2)CC1. The van der Waals surface area contributed by atoms with Crippen molar-refractivity contribution in [3.63, 3.8) is 0 Å². The van der Waals surface area contributed by atoms with E-state index in [0.29, 0.717) is 30.6 Å². The number of carbonyl (C=O) groups is 1. The fraction of sp³-hybridized carbons (Fsp3) is 0.263. The van der Waals surface area contributed by atoms with E-state index in [4.69, 9.17) is 4.42 Å². The number of amides is 1. The first-order chi connectivity index (χ1) is 12.3. The third-order valence-corrected chi connectivity index (χ3v) is 4.48. The molecule has 1 amide bonds. The number of hydrogen-bond acceptors (Lipinski definition) is 5. The van der Waals surface area contributed by atoms with Gasteiger partial charge in [-0.3, -0.25) is 9.78 Å². The molecule has 1 aromatic carbocycles. The summed E-state index contributed by atoms with van der Waals surface area (Å²) in [5, 5.41) is 8.29. The number of benzene rings is 1. The first kappa shape index (κ1) is 15.5. The number of aromatic nitrogens is 3. The predicted octanol–water partition coefficient (Wildman–Crippen LogP) is 3.15. The zero-order valence-electron chi connectivity index (χ0n) is 13.7. The van der Waals surface area contributed by atoms with Crippen LogP contribution in [-0.4, -0.2) is 39.1 Å². The second kappa shape index (κ2) is 6.84. The first-order valence-corrected chi connectivity index (χ1v) is 8.40. The lowest BCUT2D eigenvalue weighted by Crippen LogP contribution is -2.37. The normalized spacial score (nSPS) is 15.3. The standard InChI is InChI=1S/C19H18N4O2/c24-19(15-6-2-1-3-7-15)23-12-9-14(10-13-23)17-21-22-18(25-17)16-8-4-5-11-20-16/h1-8,11,14H,9-10,12-13H2. The Balaban J connectivity index is 1.41. The van der Waals surface area contributed by atoms with Gasteiger partial charge < -0.3 is 9.32 Å². The van der Waals surface area contributed by atoms with Crippen molar-refractivity contribution in [3.8, 4) is 11.6 Å². The van der Waals surface area contributed by atoms with Crippen LogP contribution in [0.4, 0.5) is 0 Å². The Morgan fingerprint density at radius 2 is 1.76 bits per heavy atom. The molecule has 1 aliphatic heterocycles. The number of pyridine rings is 1. The van der Waals surface area contributed by atoms with Crippen molar-refractivity contribution in [3.05, 3.63) is 66.2 Å². The van der Waals surface area contributed by atoms with Crippen molar-refractivity contribution in [1.82, 2.24) is 20.1 Å². The van der Waals surface area contributed by atoms with E-state index in [1.165, 1.54) is 0 Å². The number of nitrogens with zero attached hydrogens (tertiary/aromatic N) is 4. The Bertz CT molecular complexity index is 840. The van der Waals surface area contributed by atoms with Gasteiger partial charge in [0.15, 0.2) is 0 Å². The van der Waals surface area contributed by atoms with Crippen LogP contribution in [-0.2, 0) is 0 Å². The van der Waals surface area contributed by atoms with Crippen molar-refractivity contribution >= 4 is 5.91 Å². The second-order valence-corrected chi connectivity index (χ2v) is 6.09. The van der Waals surface area contributed by atoms with Crippen molar-refractivity contribution in [1.29, 1.82) is 0 Å². The summed E-state index contributed by atoms with van der Waals surface area (Å²) in [7, 11) is 0. The molecule has 0 saturated carbocycles. The Kier molecular flexibility index (Phi) is 4.24. The van der Waals surface area contributed by atoms with Crippen LogP contribution < -0.4 is 0 Å². The minimum atomic E-state index is 0.0822. The highest BCUT2D eigenvalue weighted by Gasteiger charge is 2.28. The number of rotatable bonds is 3. The summed E-state index contributed by atoms with van der Waals surface area (Å²) < 4.78 is 5.80. The van der Waals surface area contributed by atoms with Crippen molar-refractivity contribution in [2.24, 2.45) is 0 Å². The summed E-state index contributed by atoms with van der Waals surface area (Å²) in [6.45, 7) is 1.39. The maximum Gasteiger partial charge on any atom is 0.266 e. The van der Waals surface area contributed by atoms with Gasteiger partial charge in [-0.15, -0.1) is 10.2 Å². The van der Waals surface area contributed by atoms with Crippen molar-refractivity contribution in [2.45, 2.75) is 18.8 Å². The van der Waals surface area contributed by atoms with Crippen LogP contribution >= 0.6 is 0 Å². The molecule has 0 unspecified atom stereocenters. The maximum atomic E-state index is 12.5. The number of likely N-dealkylation sites (tertiary alicyclic amines) is 1. The highest BCUT2D eigenvalue weighted by molar-refractivity contribution is 5.94. The molecule has 0 N–H and O–H groups in total. The highest BCUT2D eigenvalue weighted by atomic mass is 16.4. The van der Waals surface area contributed by atoms with E-state index < -0.39 is 0 Å². The quantitative estimate of drug-likeness (QED) is 0.736. The lowest BCUT2D eigenvalue weighted by Gasteiger charge is -2.30. The van der Waals surface area contributed by atoms with Crippen LogP contribution in [0.1, 0.15) is 35.0 Å². The van der Waals surface area contributed by atoms with Gasteiger partial charge in [-0.2, -0.15) is 0 Å². The molecule has 3 aromatic rings. The van der Waals surface area contributed by atoms with Gasteiger partial charge in [-0.1, -0.05) is 24.3 Å². The Hall–Kier alpha value is -3.02. The molecule has 0 aliphatic carbocycles. The van der Waals surface area contributed by atoms with Gasteiger partial charge in [-0.25, -0.2) is 0 Å². The van der Waals surface area contributed by atoms with E-state index in [1.54, 1.807) is 6.20 Å². The van der Waals surface area contributed by atoms with Gasteiger partial charge >= 0.3 is 0 Å². The third kappa shape index (κ3) is 3.28. The average molecular weight is 334 g/mol. The fourth-order valence-electron chi connectivity index (χ4n) is 3.09. The minimum absolute atomic E-state index is 0.0822. The molecule has 3 heterocycles. The monoisotopic (exact) mass is 334 g/mol. The van der Waals surface area contributed by atoms with Crippen molar-refractivity contribution < 1.29 is 9.21 Å². The van der Waals surface area contributed by atoms with Gasteiger partial charge in [0.05, 0.1) is 0 Å².